The molecule has 0 aromatic rings. The first-order chi connectivity index (χ1) is 4.38. The van der Waals surface area contributed by atoms with E-state index in [-0.39, 0.29) is 0 Å². The fourth-order valence-corrected chi connectivity index (χ4v) is 0.686. The van der Waals surface area contributed by atoms with E-state index in [1.165, 1.54) is 0 Å². The second kappa shape index (κ2) is 2.85. The third kappa shape index (κ3) is 1.70. The number of hydrogen-bond acceptors (Lipinski definition) is 1. The molecule has 0 aromatic heterocycles. The molecule has 9 heavy (non-hydrogen) atoms. The van der Waals surface area contributed by atoms with E-state index >= 15 is 0 Å². The van der Waals surface area contributed by atoms with E-state index in [0.29, 0.717) is 6.10 Å². The number of epoxide rings is 1. The summed E-state index contributed by atoms with van der Waals surface area (Å²) in [5.41, 5.74) is 0. The first-order valence-corrected chi connectivity index (χ1v) is 3.54. The fourth-order valence-electron chi connectivity index (χ4n) is 0.686. The van der Waals surface area contributed by atoms with Crippen LogP contribution < -0.4 is 0 Å². The molecule has 0 saturated carbocycles. The Bertz CT molecular complexity index is 118. The highest BCUT2D eigenvalue weighted by Gasteiger charge is 2.51. The summed E-state index contributed by atoms with van der Waals surface area (Å²) in [5, 5.41) is 0. The van der Waals surface area contributed by atoms with Crippen LogP contribution in [0.25, 0.3) is 0 Å². The molecule has 1 rings (SSSR count). The van der Waals surface area contributed by atoms with Crippen LogP contribution in [-0.4, -0.2) is 18.7 Å². The maximum absolute atomic E-state index is 5.20. The van der Waals surface area contributed by atoms with Crippen LogP contribution in [0.1, 0.15) is 26.7 Å². The van der Waals surface area contributed by atoms with Gasteiger partial charge < -0.3 is 4.42 Å². The minimum absolute atomic E-state index is 0.316. The van der Waals surface area contributed by atoms with E-state index in [1.54, 1.807) is 0 Å². The molecule has 2 nitrogen and oxygen atoms in total. The van der Waals surface area contributed by atoms with Gasteiger partial charge >= 0.3 is 12.1 Å². The molecule has 1 heterocycles. The molecule has 0 radical (unpaired) electrons. The summed E-state index contributed by atoms with van der Waals surface area (Å²) in [5.74, 6) is 0.847. The van der Waals surface area contributed by atoms with Gasteiger partial charge in [-0.3, -0.25) is 4.74 Å². The minimum Gasteiger partial charge on any atom is -0.317 e. The number of hydrogen-bond donors (Lipinski definition) is 0. The van der Waals surface area contributed by atoms with Gasteiger partial charge in [0.15, 0.2) is 6.61 Å². The van der Waals surface area contributed by atoms with E-state index in [9.17, 15) is 0 Å². The summed E-state index contributed by atoms with van der Waals surface area (Å²) in [4.78, 5) is 0. The van der Waals surface area contributed by atoms with E-state index in [1.807, 2.05) is 0 Å². The van der Waals surface area contributed by atoms with Crippen LogP contribution in [0, 0.1) is 0 Å². The zero-order chi connectivity index (χ0) is 6.69. The van der Waals surface area contributed by atoms with E-state index in [4.69, 9.17) is 9.16 Å². The predicted octanol–water partition coefficient (Wildman–Crippen LogP) is 1.27. The third-order valence-electron chi connectivity index (χ3n) is 1.28. The van der Waals surface area contributed by atoms with Gasteiger partial charge in [0.1, 0.15) is 0 Å². The predicted molar refractivity (Wildman–Crippen MR) is 35.3 cm³/mol. The third-order valence-corrected chi connectivity index (χ3v) is 1.28. The number of ether oxygens (including phenoxy) is 1. The lowest BCUT2D eigenvalue weighted by Gasteiger charge is -1.70. The lowest BCUT2D eigenvalue weighted by molar-refractivity contribution is -0.458. The molecule has 0 bridgehead atoms. The van der Waals surface area contributed by atoms with Gasteiger partial charge in [-0.1, -0.05) is 13.8 Å². The van der Waals surface area contributed by atoms with Crippen LogP contribution in [0.4, 0.5) is 0 Å². The molecule has 1 saturated heterocycles. The molecule has 1 fully saturated rings. The van der Waals surface area contributed by atoms with Crippen LogP contribution >= 0.6 is 0 Å². The Kier molecular flexibility index (Phi) is 2.09. The summed E-state index contributed by atoms with van der Waals surface area (Å²) in [6, 6.07) is 0. The molecular formula is C7H13O2+. The van der Waals surface area contributed by atoms with Gasteiger partial charge in [-0.15, -0.1) is 0 Å². The number of cyclic esters (lactones) is 1. The molecule has 2 heteroatoms. The molecule has 0 spiro atoms. The zero-order valence-corrected chi connectivity index (χ0v) is 6.02. The van der Waals surface area contributed by atoms with Gasteiger partial charge in [0, 0.05) is 12.8 Å². The molecule has 1 unspecified atom stereocenters. The van der Waals surface area contributed by atoms with Gasteiger partial charge in [0.25, 0.3) is 0 Å². The van der Waals surface area contributed by atoms with Crippen LogP contribution in [0.2, 0.25) is 0 Å². The van der Waals surface area contributed by atoms with Crippen molar-refractivity contribution >= 4 is 5.97 Å². The number of rotatable bonds is 3. The number of carbonyl (C=O) groups excluding carboxylic acids is 1. The van der Waals surface area contributed by atoms with E-state index < -0.39 is 0 Å². The van der Waals surface area contributed by atoms with Crippen molar-refractivity contribution in [2.75, 3.05) is 6.61 Å². The van der Waals surface area contributed by atoms with Gasteiger partial charge in [0.05, 0.1) is 0 Å². The first kappa shape index (κ1) is 6.59. The molecule has 0 amide bonds. The van der Waals surface area contributed by atoms with Gasteiger partial charge in [0.2, 0.25) is 0 Å². The van der Waals surface area contributed by atoms with E-state index in [0.717, 1.165) is 25.4 Å². The van der Waals surface area contributed by atoms with Crippen LogP contribution in [0.5, 0.6) is 0 Å². The van der Waals surface area contributed by atoms with Crippen molar-refractivity contribution in [1.82, 2.24) is 0 Å². The fraction of sp³-hybridized carbons (Fsp3) is 0.857. The SMILES string of the molecule is CCC[O+]=C1OC1CC. The lowest BCUT2D eigenvalue weighted by atomic mass is 10.4. The van der Waals surface area contributed by atoms with Crippen molar-refractivity contribution in [2.24, 2.45) is 0 Å². The quantitative estimate of drug-likeness (QED) is 0.416. The summed E-state index contributed by atoms with van der Waals surface area (Å²) in [7, 11) is 0. The summed E-state index contributed by atoms with van der Waals surface area (Å²) in [6.45, 7) is 4.97. The Balaban J connectivity index is 2.15. The Morgan fingerprint density at radius 3 is 2.78 bits per heavy atom. The topological polar surface area (TPSA) is 23.8 Å². The largest absolute Gasteiger partial charge is 0.559 e. The van der Waals surface area contributed by atoms with Gasteiger partial charge in [-0.2, -0.15) is 0 Å². The van der Waals surface area contributed by atoms with Crippen molar-refractivity contribution in [3.8, 4) is 0 Å². The molecule has 1 aliphatic heterocycles. The summed E-state index contributed by atoms with van der Waals surface area (Å²) < 4.78 is 10.3. The summed E-state index contributed by atoms with van der Waals surface area (Å²) in [6.07, 6.45) is 2.42. The normalized spacial score (nSPS) is 28.2. The van der Waals surface area contributed by atoms with Crippen molar-refractivity contribution in [2.45, 2.75) is 32.8 Å². The molecule has 0 aliphatic carbocycles. The monoisotopic (exact) mass is 129 g/mol. The molecule has 1 atom stereocenters. The summed E-state index contributed by atoms with van der Waals surface area (Å²) >= 11 is 0. The van der Waals surface area contributed by atoms with Crippen molar-refractivity contribution in [1.29, 1.82) is 0 Å². The highest BCUT2D eigenvalue weighted by molar-refractivity contribution is 5.87. The van der Waals surface area contributed by atoms with Crippen molar-refractivity contribution in [3.63, 3.8) is 0 Å². The molecular weight excluding hydrogens is 116 g/mol. The second-order valence-corrected chi connectivity index (χ2v) is 2.18. The minimum atomic E-state index is 0.316. The Hall–Kier alpha value is -0.530. The van der Waals surface area contributed by atoms with Crippen LogP contribution in [-0.2, 0) is 9.16 Å². The van der Waals surface area contributed by atoms with Crippen molar-refractivity contribution < 1.29 is 9.16 Å². The van der Waals surface area contributed by atoms with E-state index in [2.05, 4.69) is 13.8 Å². The maximum Gasteiger partial charge on any atom is 0.559 e. The second-order valence-electron chi connectivity index (χ2n) is 2.18. The highest BCUT2D eigenvalue weighted by Crippen LogP contribution is 2.16. The lowest BCUT2D eigenvalue weighted by Crippen LogP contribution is -1.89. The highest BCUT2D eigenvalue weighted by atomic mass is 16.7. The smallest absolute Gasteiger partial charge is 0.317 e. The van der Waals surface area contributed by atoms with Gasteiger partial charge in [-0.05, 0) is 0 Å². The van der Waals surface area contributed by atoms with Crippen molar-refractivity contribution in [3.05, 3.63) is 0 Å². The Labute approximate surface area is 55.5 Å². The van der Waals surface area contributed by atoms with Gasteiger partial charge in [-0.25, -0.2) is 0 Å². The maximum atomic E-state index is 5.20. The molecule has 1 aliphatic rings. The first-order valence-electron chi connectivity index (χ1n) is 3.54. The molecule has 0 N–H and O–H groups in total. The average Bonchev–Trinajstić information content (AvgIpc) is 2.62. The van der Waals surface area contributed by atoms with Crippen LogP contribution in [0.15, 0.2) is 0 Å². The Morgan fingerprint density at radius 2 is 2.33 bits per heavy atom. The zero-order valence-electron chi connectivity index (χ0n) is 6.02. The molecule has 52 valence electrons. The Morgan fingerprint density at radius 1 is 1.56 bits per heavy atom. The molecule has 0 aromatic carbocycles. The standard InChI is InChI=1S/C7H13O2/c1-3-5-8-7-6(4-2)9-7/h6H,3-5H2,1-2H3/q+1. The van der Waals surface area contributed by atoms with Crippen LogP contribution in [0.3, 0.4) is 0 Å². The average molecular weight is 129 g/mol.